The van der Waals surface area contributed by atoms with Crippen LogP contribution in [0.25, 0.3) is 27.3 Å². The second-order valence-corrected chi connectivity index (χ2v) is 22.1. The number of pyridine rings is 1. The van der Waals surface area contributed by atoms with E-state index in [1.807, 2.05) is 99.9 Å². The third-order valence-corrected chi connectivity index (χ3v) is 14.9. The first kappa shape index (κ1) is 50.6. The summed E-state index contributed by atoms with van der Waals surface area (Å²) in [4.78, 5) is 69.7. The average molecular weight is 1000 g/mol. The number of fused-ring (bicyclic) bond motifs is 1. The highest BCUT2D eigenvalue weighted by Gasteiger charge is 2.44. The number of aliphatic hydroxyl groups excluding tert-OH is 1. The summed E-state index contributed by atoms with van der Waals surface area (Å²) in [5.74, 6) is -0.854. The number of amides is 4. The molecule has 0 spiro atoms. The number of hydrogen-bond acceptors (Lipinski definition) is 14. The Morgan fingerprint density at radius 3 is 2.24 bits per heavy atom. The molecular formula is C51H61N11O7S2. The molecule has 0 saturated carbocycles. The fourth-order valence-electron chi connectivity index (χ4n) is 8.85. The normalized spacial score (nSPS) is 17.0. The Hall–Kier alpha value is -6.74. The maximum atomic E-state index is 14.1. The largest absolute Gasteiger partial charge is 0.391 e. The van der Waals surface area contributed by atoms with Gasteiger partial charge < -0.3 is 36.2 Å². The zero-order valence-corrected chi connectivity index (χ0v) is 42.2. The lowest BCUT2D eigenvalue weighted by atomic mass is 9.85. The van der Waals surface area contributed by atoms with Gasteiger partial charge in [-0.15, -0.1) is 16.4 Å². The van der Waals surface area contributed by atoms with Crippen molar-refractivity contribution in [1.82, 2.24) is 45.3 Å². The number of piperazine rings is 1. The summed E-state index contributed by atoms with van der Waals surface area (Å²) in [5.41, 5.74) is 8.10. The van der Waals surface area contributed by atoms with E-state index in [1.165, 1.54) is 11.2 Å². The smallest absolute Gasteiger partial charge is 0.247 e. The van der Waals surface area contributed by atoms with E-state index in [1.54, 1.807) is 40.1 Å². The first-order valence-corrected chi connectivity index (χ1v) is 26.5. The van der Waals surface area contributed by atoms with E-state index in [9.17, 15) is 32.7 Å². The van der Waals surface area contributed by atoms with E-state index < -0.39 is 39.3 Å². The van der Waals surface area contributed by atoms with Crippen molar-refractivity contribution in [2.24, 2.45) is 5.41 Å². The fourth-order valence-corrected chi connectivity index (χ4v) is 10.3. The number of aromatic nitrogens is 4. The number of nitrogens with zero attached hydrogens (tertiary/aromatic N) is 7. The predicted octanol–water partition coefficient (Wildman–Crippen LogP) is 4.80. The van der Waals surface area contributed by atoms with E-state index in [0.29, 0.717) is 37.7 Å². The zero-order valence-electron chi connectivity index (χ0n) is 40.6. The molecule has 2 saturated heterocycles. The Kier molecular flexibility index (Phi) is 15.5. The number of thiazole rings is 1. The molecule has 0 bridgehead atoms. The molecule has 8 rings (SSSR count). The highest BCUT2D eigenvalue weighted by Crippen LogP contribution is 2.30. The minimum atomic E-state index is -3.31. The number of sulfone groups is 1. The van der Waals surface area contributed by atoms with Gasteiger partial charge in [-0.3, -0.25) is 24.1 Å². The molecule has 3 aromatic carbocycles. The Morgan fingerprint density at radius 1 is 0.873 bits per heavy atom. The van der Waals surface area contributed by atoms with E-state index in [0.717, 1.165) is 57.4 Å². The number of nitrogens with one attached hydrogen (secondary N) is 4. The summed E-state index contributed by atoms with van der Waals surface area (Å²) in [6, 6.07) is 26.4. The van der Waals surface area contributed by atoms with Crippen molar-refractivity contribution >= 4 is 67.8 Å². The van der Waals surface area contributed by atoms with Crippen LogP contribution >= 0.6 is 11.3 Å². The van der Waals surface area contributed by atoms with E-state index in [-0.39, 0.29) is 55.1 Å². The molecule has 20 heteroatoms. The molecule has 3 aromatic heterocycles. The van der Waals surface area contributed by atoms with Crippen LogP contribution in [0.2, 0.25) is 0 Å². The number of aryl methyl sites for hydroxylation is 1. The summed E-state index contributed by atoms with van der Waals surface area (Å²) >= 11 is 1.57. The number of β-amino-alcohol motifs (C(OH)–C–C–N with tert-alkyl or cyclic N) is 1. The number of carbonyl (C=O) groups is 4. The highest BCUT2D eigenvalue weighted by molar-refractivity contribution is 7.90. The van der Waals surface area contributed by atoms with Gasteiger partial charge in [0.1, 0.15) is 12.1 Å². The molecule has 5 N–H and O–H groups in total. The highest BCUT2D eigenvalue weighted by atomic mass is 32.2. The van der Waals surface area contributed by atoms with Crippen molar-refractivity contribution in [3.63, 3.8) is 0 Å². The number of likely N-dealkylation sites (tertiary alicyclic amines) is 1. The molecule has 2 aliphatic rings. The average Bonchev–Trinajstić information content (AvgIpc) is 4.09. The minimum Gasteiger partial charge on any atom is -0.391 e. The van der Waals surface area contributed by atoms with Crippen LogP contribution in [0.1, 0.15) is 51.3 Å². The Bertz CT molecular complexity index is 2960. The van der Waals surface area contributed by atoms with Gasteiger partial charge in [0.15, 0.2) is 15.5 Å². The Balaban J connectivity index is 0.747. The van der Waals surface area contributed by atoms with Crippen LogP contribution in [0.5, 0.6) is 0 Å². The third kappa shape index (κ3) is 12.6. The number of hydrogen-bond donors (Lipinski definition) is 5. The quantitative estimate of drug-likeness (QED) is 0.0776. The molecule has 0 aliphatic carbocycles. The Labute approximate surface area is 417 Å². The maximum Gasteiger partial charge on any atom is 0.247 e. The molecule has 0 radical (unpaired) electrons. The van der Waals surface area contributed by atoms with E-state index >= 15 is 0 Å². The van der Waals surface area contributed by atoms with Crippen LogP contribution in [-0.4, -0.2) is 137 Å². The maximum absolute atomic E-state index is 14.1. The molecule has 4 amide bonds. The molecule has 18 nitrogen and oxygen atoms in total. The van der Waals surface area contributed by atoms with Gasteiger partial charge in [-0.05, 0) is 78.4 Å². The number of benzene rings is 3. The van der Waals surface area contributed by atoms with Gasteiger partial charge in [0.25, 0.3) is 0 Å². The first-order valence-electron chi connectivity index (χ1n) is 23.7. The van der Waals surface area contributed by atoms with Gasteiger partial charge in [0, 0.05) is 81.8 Å². The zero-order chi connectivity index (χ0) is 50.5. The van der Waals surface area contributed by atoms with E-state index in [4.69, 9.17) is 0 Å². The lowest BCUT2D eigenvalue weighted by Crippen LogP contribution is -2.57. The summed E-state index contributed by atoms with van der Waals surface area (Å²) in [6.07, 6.45) is 0.859. The first-order chi connectivity index (χ1) is 33.9. The van der Waals surface area contributed by atoms with Gasteiger partial charge in [-0.25, -0.2) is 17.9 Å². The van der Waals surface area contributed by atoms with Gasteiger partial charge in [0.2, 0.25) is 29.6 Å². The molecule has 71 heavy (non-hydrogen) atoms. The monoisotopic (exact) mass is 1000 g/mol. The second-order valence-electron chi connectivity index (χ2n) is 19.2. The molecule has 2 fully saturated rings. The minimum absolute atomic E-state index is 0.0160. The molecule has 2 aliphatic heterocycles. The van der Waals surface area contributed by atoms with Crippen LogP contribution in [0.3, 0.4) is 0 Å². The van der Waals surface area contributed by atoms with Crippen molar-refractivity contribution in [1.29, 1.82) is 0 Å². The molecule has 3 atom stereocenters. The van der Waals surface area contributed by atoms with Gasteiger partial charge >= 0.3 is 0 Å². The van der Waals surface area contributed by atoms with Gasteiger partial charge in [0.05, 0.1) is 39.3 Å². The SMILES string of the molecule is Cc1ncsc1-c1ccc(CNC(=O)[C@@H]2C[C@@H](O)CN2C(=O)[C@@H](NC(=O)CCCNC(=O)CN2CCN(c3ccc(Nc4nc5cccc(-c6ccc(S(C)(=O)=O)cc6)n5n4)cc3)CC2)C(C)(C)C)cc1. The van der Waals surface area contributed by atoms with Crippen molar-refractivity contribution in [3.8, 4) is 21.7 Å². The summed E-state index contributed by atoms with van der Waals surface area (Å²) in [7, 11) is -3.31. The molecule has 374 valence electrons. The number of anilines is 3. The second kappa shape index (κ2) is 21.7. The summed E-state index contributed by atoms with van der Waals surface area (Å²) < 4.78 is 25.6. The van der Waals surface area contributed by atoms with Crippen LogP contribution < -0.4 is 26.2 Å². The molecule has 6 aromatic rings. The molecule has 0 unspecified atom stereocenters. The van der Waals surface area contributed by atoms with Gasteiger partial charge in [-0.1, -0.05) is 63.2 Å². The summed E-state index contributed by atoms with van der Waals surface area (Å²) in [5, 5.41) is 27.3. The van der Waals surface area contributed by atoms with Crippen molar-refractivity contribution < 1.29 is 32.7 Å². The lowest BCUT2D eigenvalue weighted by Gasteiger charge is -2.35. The van der Waals surface area contributed by atoms with Crippen LogP contribution in [0, 0.1) is 12.3 Å². The lowest BCUT2D eigenvalue weighted by molar-refractivity contribution is -0.144. The molecular weight excluding hydrogens is 943 g/mol. The fraction of sp³-hybridized carbons (Fsp3) is 0.392. The number of carbonyl (C=O) groups excluding carboxylic acids is 4. The number of aliphatic hydroxyl groups is 1. The van der Waals surface area contributed by atoms with Crippen LogP contribution in [-0.2, 0) is 35.6 Å². The standard InChI is InChI=1S/C51H61N11O7S2/c1-33-46(70-32-54-33)36-13-11-34(12-14-36)29-53-48(66)42-28-39(63)30-61(42)49(67)47(51(2,3)4)57-44(64)10-7-23-52-45(65)31-59-24-26-60(27-25-59)38-19-17-37(18-20-38)55-50-56-43-9-6-8-41(62(43)58-50)35-15-21-40(22-16-35)71(5,68)69/h6,8-9,11-22,32,39,42,47,63H,7,10,23-31H2,1-5H3,(H,52,65)(H,53,66)(H,55,58)(H,57,64)/t39-,42+,47-/m1/s1. The number of rotatable bonds is 17. The van der Waals surface area contributed by atoms with Crippen molar-refractivity contribution in [2.45, 2.75) is 76.6 Å². The predicted molar refractivity (Wildman–Crippen MR) is 274 cm³/mol. The third-order valence-electron chi connectivity index (χ3n) is 12.8. The van der Waals surface area contributed by atoms with Crippen molar-refractivity contribution in [2.75, 3.05) is 62.3 Å². The van der Waals surface area contributed by atoms with E-state index in [2.05, 4.69) is 46.1 Å². The van der Waals surface area contributed by atoms with Gasteiger partial charge in [-0.2, -0.15) is 4.98 Å². The topological polar surface area (TPSA) is 224 Å². The molecule has 5 heterocycles. The van der Waals surface area contributed by atoms with Crippen LogP contribution in [0.15, 0.2) is 101 Å². The summed E-state index contributed by atoms with van der Waals surface area (Å²) in [6.45, 7) is 11.1. The van der Waals surface area contributed by atoms with Crippen molar-refractivity contribution in [3.05, 3.63) is 108 Å². The van der Waals surface area contributed by atoms with Crippen LogP contribution in [0.4, 0.5) is 17.3 Å². The Morgan fingerprint density at radius 2 is 1.58 bits per heavy atom.